The molecular weight excluding hydrogens is 224 g/mol. The van der Waals surface area contributed by atoms with Gasteiger partial charge >= 0.3 is 0 Å². The third kappa shape index (κ3) is 5.80. The Labute approximate surface area is 110 Å². The first kappa shape index (κ1) is 14.7. The summed E-state index contributed by atoms with van der Waals surface area (Å²) >= 11 is 0. The minimum absolute atomic E-state index is 0.698. The second-order valence-electron chi connectivity index (χ2n) is 4.63. The van der Waals surface area contributed by atoms with Crippen molar-refractivity contribution in [2.75, 3.05) is 0 Å². The minimum Gasteiger partial charge on any atom is -0.411 e. The van der Waals surface area contributed by atoms with Crippen LogP contribution in [0.15, 0.2) is 29.6 Å². The highest BCUT2D eigenvalue weighted by Gasteiger charge is 2.04. The molecule has 18 heavy (non-hydrogen) atoms. The number of hydrogen-bond acceptors (Lipinski definition) is 3. The molecule has 3 heteroatoms. The minimum atomic E-state index is 0.698. The maximum atomic E-state index is 9.00. The number of aromatic nitrogens is 1. The Hall–Kier alpha value is -1.38. The molecule has 3 nitrogen and oxygen atoms in total. The highest BCUT2D eigenvalue weighted by atomic mass is 16.4. The monoisotopic (exact) mass is 248 g/mol. The van der Waals surface area contributed by atoms with Gasteiger partial charge in [-0.05, 0) is 25.0 Å². The van der Waals surface area contributed by atoms with Gasteiger partial charge in [0.1, 0.15) is 5.71 Å². The molecule has 0 aliphatic carbocycles. The van der Waals surface area contributed by atoms with Crippen LogP contribution in [0.25, 0.3) is 0 Å². The van der Waals surface area contributed by atoms with E-state index in [1.165, 1.54) is 38.5 Å². The topological polar surface area (TPSA) is 45.5 Å². The van der Waals surface area contributed by atoms with Crippen molar-refractivity contribution in [1.29, 1.82) is 0 Å². The molecule has 0 unspecified atom stereocenters. The summed E-state index contributed by atoms with van der Waals surface area (Å²) in [6, 6.07) is 5.67. The van der Waals surface area contributed by atoms with Crippen LogP contribution in [0.5, 0.6) is 0 Å². The molecule has 0 aliphatic rings. The van der Waals surface area contributed by atoms with E-state index in [4.69, 9.17) is 5.21 Å². The Morgan fingerprint density at radius 1 is 1.11 bits per heavy atom. The maximum Gasteiger partial charge on any atom is 0.105 e. The largest absolute Gasteiger partial charge is 0.411 e. The molecular formula is C15H24N2O. The maximum absolute atomic E-state index is 9.00. The van der Waals surface area contributed by atoms with E-state index >= 15 is 0 Å². The summed E-state index contributed by atoms with van der Waals surface area (Å²) in [5.74, 6) is 0. The Bertz CT molecular complexity index is 336. The Balaban J connectivity index is 2.18. The highest BCUT2D eigenvalue weighted by molar-refractivity contribution is 5.98. The fourth-order valence-corrected chi connectivity index (χ4v) is 2.01. The van der Waals surface area contributed by atoms with Gasteiger partial charge in [-0.3, -0.25) is 4.98 Å². The fourth-order valence-electron chi connectivity index (χ4n) is 2.01. The summed E-state index contributed by atoms with van der Waals surface area (Å²) in [5.41, 5.74) is 1.48. The molecule has 0 fully saturated rings. The Morgan fingerprint density at radius 2 is 1.83 bits per heavy atom. The third-order valence-electron chi connectivity index (χ3n) is 3.10. The van der Waals surface area contributed by atoms with Crippen LogP contribution in [0.1, 0.15) is 64.0 Å². The van der Waals surface area contributed by atoms with E-state index in [2.05, 4.69) is 17.1 Å². The molecule has 0 radical (unpaired) electrons. The van der Waals surface area contributed by atoms with Gasteiger partial charge in [0.25, 0.3) is 0 Å². The van der Waals surface area contributed by atoms with E-state index in [0.717, 1.165) is 18.5 Å². The summed E-state index contributed by atoms with van der Waals surface area (Å²) < 4.78 is 0. The van der Waals surface area contributed by atoms with Crippen LogP contribution in [0.3, 0.4) is 0 Å². The second kappa shape index (κ2) is 9.63. The second-order valence-corrected chi connectivity index (χ2v) is 4.63. The van der Waals surface area contributed by atoms with Crippen molar-refractivity contribution >= 4 is 5.71 Å². The Morgan fingerprint density at radius 3 is 2.44 bits per heavy atom. The lowest BCUT2D eigenvalue weighted by molar-refractivity contribution is 0.317. The van der Waals surface area contributed by atoms with Crippen molar-refractivity contribution in [1.82, 2.24) is 4.98 Å². The first-order valence-electron chi connectivity index (χ1n) is 7.00. The van der Waals surface area contributed by atoms with E-state index in [0.29, 0.717) is 5.71 Å². The zero-order valence-corrected chi connectivity index (χ0v) is 11.3. The van der Waals surface area contributed by atoms with Gasteiger partial charge in [-0.25, -0.2) is 0 Å². The van der Waals surface area contributed by atoms with Crippen LogP contribution < -0.4 is 0 Å². The van der Waals surface area contributed by atoms with E-state index in [1.807, 2.05) is 18.2 Å². The van der Waals surface area contributed by atoms with E-state index in [-0.39, 0.29) is 0 Å². The molecule has 0 spiro atoms. The number of unbranched alkanes of at least 4 members (excludes halogenated alkanes) is 6. The molecule has 0 aliphatic heterocycles. The fraction of sp³-hybridized carbons (Fsp3) is 0.600. The molecule has 1 N–H and O–H groups in total. The van der Waals surface area contributed by atoms with Crippen LogP contribution in [0.4, 0.5) is 0 Å². The molecule has 100 valence electrons. The zero-order chi connectivity index (χ0) is 13.1. The predicted molar refractivity (Wildman–Crippen MR) is 75.2 cm³/mol. The first-order valence-corrected chi connectivity index (χ1v) is 7.00. The standard InChI is InChI=1S/C15H24N2O/c1-2-3-4-5-6-7-8-12-15(17-18)14-11-9-10-13-16-14/h9-11,13,18H,2-8,12H2,1H3/b17-15-. The SMILES string of the molecule is CCCCCCCCC/C(=N/O)c1ccccn1. The number of nitrogens with zero attached hydrogens (tertiary/aromatic N) is 2. The van der Waals surface area contributed by atoms with Crippen molar-refractivity contribution in [2.45, 2.75) is 58.3 Å². The molecule has 0 amide bonds. The van der Waals surface area contributed by atoms with Gasteiger partial charge < -0.3 is 5.21 Å². The molecule has 0 saturated heterocycles. The summed E-state index contributed by atoms with van der Waals surface area (Å²) in [6.45, 7) is 2.23. The average molecular weight is 248 g/mol. The molecule has 0 bridgehead atoms. The summed E-state index contributed by atoms with van der Waals surface area (Å²) in [6.07, 6.45) is 11.4. The van der Waals surface area contributed by atoms with E-state index in [1.54, 1.807) is 6.20 Å². The van der Waals surface area contributed by atoms with Crippen molar-refractivity contribution < 1.29 is 5.21 Å². The van der Waals surface area contributed by atoms with E-state index < -0.39 is 0 Å². The number of hydrogen-bond donors (Lipinski definition) is 1. The third-order valence-corrected chi connectivity index (χ3v) is 3.10. The van der Waals surface area contributed by atoms with Crippen molar-refractivity contribution in [3.63, 3.8) is 0 Å². The quantitative estimate of drug-likeness (QED) is 0.305. The summed E-state index contributed by atoms with van der Waals surface area (Å²) in [4.78, 5) is 4.20. The molecule has 0 aromatic carbocycles. The molecule has 1 aromatic heterocycles. The van der Waals surface area contributed by atoms with E-state index in [9.17, 15) is 0 Å². The lowest BCUT2D eigenvalue weighted by Crippen LogP contribution is -2.03. The highest BCUT2D eigenvalue weighted by Crippen LogP contribution is 2.11. The predicted octanol–water partition coefficient (Wildman–Crippen LogP) is 4.40. The van der Waals surface area contributed by atoms with Gasteiger partial charge in [-0.15, -0.1) is 0 Å². The molecule has 1 aromatic rings. The van der Waals surface area contributed by atoms with Crippen LogP contribution in [0.2, 0.25) is 0 Å². The van der Waals surface area contributed by atoms with Crippen molar-refractivity contribution in [3.05, 3.63) is 30.1 Å². The average Bonchev–Trinajstić information content (AvgIpc) is 2.43. The summed E-state index contributed by atoms with van der Waals surface area (Å²) in [7, 11) is 0. The van der Waals surface area contributed by atoms with Gasteiger partial charge in [0.15, 0.2) is 0 Å². The normalized spacial score (nSPS) is 11.7. The summed E-state index contributed by atoms with van der Waals surface area (Å²) in [5, 5.41) is 12.4. The van der Waals surface area contributed by atoms with Gasteiger partial charge in [0, 0.05) is 6.20 Å². The number of pyridine rings is 1. The van der Waals surface area contributed by atoms with Gasteiger partial charge in [0.05, 0.1) is 5.69 Å². The molecule has 0 saturated carbocycles. The lowest BCUT2D eigenvalue weighted by atomic mass is 10.1. The van der Waals surface area contributed by atoms with Gasteiger partial charge in [-0.1, -0.05) is 56.7 Å². The van der Waals surface area contributed by atoms with Crippen LogP contribution in [-0.2, 0) is 0 Å². The van der Waals surface area contributed by atoms with Gasteiger partial charge in [0.2, 0.25) is 0 Å². The van der Waals surface area contributed by atoms with Crippen molar-refractivity contribution in [3.8, 4) is 0 Å². The first-order chi connectivity index (χ1) is 8.88. The Kier molecular flexibility index (Phi) is 7.85. The lowest BCUT2D eigenvalue weighted by Gasteiger charge is -2.04. The number of rotatable bonds is 9. The van der Waals surface area contributed by atoms with Crippen molar-refractivity contribution in [2.24, 2.45) is 5.16 Å². The molecule has 0 atom stereocenters. The molecule has 1 heterocycles. The van der Waals surface area contributed by atoms with Crippen LogP contribution in [-0.4, -0.2) is 15.9 Å². The number of oxime groups is 1. The van der Waals surface area contributed by atoms with Crippen LogP contribution in [0, 0.1) is 0 Å². The van der Waals surface area contributed by atoms with Crippen LogP contribution >= 0.6 is 0 Å². The zero-order valence-electron chi connectivity index (χ0n) is 11.3. The van der Waals surface area contributed by atoms with Gasteiger partial charge in [-0.2, -0.15) is 0 Å². The smallest absolute Gasteiger partial charge is 0.105 e. The molecule has 1 rings (SSSR count).